The number of likely N-dealkylation sites (N-methyl/N-ethyl adjacent to an activating group) is 1. The van der Waals surface area contributed by atoms with Crippen molar-refractivity contribution >= 4 is 11.8 Å². The largest absolute Gasteiger partial charge is 0.484 e. The van der Waals surface area contributed by atoms with Gasteiger partial charge in [-0.25, -0.2) is 0 Å². The van der Waals surface area contributed by atoms with Crippen LogP contribution in [-0.4, -0.2) is 64.2 Å². The topological polar surface area (TPSA) is 79.9 Å². The summed E-state index contributed by atoms with van der Waals surface area (Å²) in [6, 6.07) is 7.42. The number of methoxy groups -OCH3 is 1. The minimum absolute atomic E-state index is 0.00718. The lowest BCUT2D eigenvalue weighted by atomic mass is 9.78. The normalized spacial score (nSPS) is 16.0. The van der Waals surface area contributed by atoms with Crippen LogP contribution in [0, 0.1) is 5.41 Å². The third-order valence-corrected chi connectivity index (χ3v) is 4.68. The SMILES string of the molecule is COCC1(C(=O)NCc2cccc(OCC(=O)N(C)C)c2)CCNCC1. The summed E-state index contributed by atoms with van der Waals surface area (Å²) in [7, 11) is 5.01. The first-order valence-corrected chi connectivity index (χ1v) is 8.87. The van der Waals surface area contributed by atoms with E-state index in [9.17, 15) is 9.59 Å². The number of carbonyl (C=O) groups excluding carboxylic acids is 2. The van der Waals surface area contributed by atoms with Gasteiger partial charge in [-0.1, -0.05) is 12.1 Å². The van der Waals surface area contributed by atoms with Gasteiger partial charge >= 0.3 is 0 Å². The van der Waals surface area contributed by atoms with Crippen molar-refractivity contribution < 1.29 is 19.1 Å². The van der Waals surface area contributed by atoms with Gasteiger partial charge in [-0.05, 0) is 43.6 Å². The summed E-state index contributed by atoms with van der Waals surface area (Å²) in [6.07, 6.45) is 1.53. The number of nitrogens with one attached hydrogen (secondary N) is 2. The predicted molar refractivity (Wildman–Crippen MR) is 98.9 cm³/mol. The van der Waals surface area contributed by atoms with Crippen LogP contribution in [0.25, 0.3) is 0 Å². The first-order chi connectivity index (χ1) is 12.5. The monoisotopic (exact) mass is 363 g/mol. The van der Waals surface area contributed by atoms with E-state index < -0.39 is 5.41 Å². The smallest absolute Gasteiger partial charge is 0.259 e. The van der Waals surface area contributed by atoms with Gasteiger partial charge in [-0.3, -0.25) is 9.59 Å². The predicted octanol–water partition coefficient (Wildman–Crippen LogP) is 0.786. The zero-order valence-electron chi connectivity index (χ0n) is 15.8. The molecule has 1 aliphatic heterocycles. The van der Waals surface area contributed by atoms with E-state index in [1.54, 1.807) is 27.3 Å². The summed E-state index contributed by atoms with van der Waals surface area (Å²) in [5.41, 5.74) is 0.460. The van der Waals surface area contributed by atoms with Gasteiger partial charge in [0.2, 0.25) is 5.91 Å². The first kappa shape index (κ1) is 20.2. The van der Waals surface area contributed by atoms with Gasteiger partial charge in [0.1, 0.15) is 5.75 Å². The Balaban J connectivity index is 1.92. The van der Waals surface area contributed by atoms with Crippen molar-refractivity contribution in [2.24, 2.45) is 5.41 Å². The zero-order chi connectivity index (χ0) is 19.0. The number of hydrogen-bond acceptors (Lipinski definition) is 5. The molecule has 2 N–H and O–H groups in total. The second-order valence-corrected chi connectivity index (χ2v) is 6.87. The number of amides is 2. The molecular formula is C19H29N3O4. The van der Waals surface area contributed by atoms with Crippen molar-refractivity contribution in [3.05, 3.63) is 29.8 Å². The Hall–Kier alpha value is -2.12. The van der Waals surface area contributed by atoms with Crippen molar-refractivity contribution in [3.63, 3.8) is 0 Å². The van der Waals surface area contributed by atoms with Gasteiger partial charge in [-0.15, -0.1) is 0 Å². The highest BCUT2D eigenvalue weighted by molar-refractivity contribution is 5.83. The number of carbonyl (C=O) groups is 2. The molecule has 2 amide bonds. The molecule has 0 atom stereocenters. The maximum Gasteiger partial charge on any atom is 0.259 e. The fraction of sp³-hybridized carbons (Fsp3) is 0.579. The van der Waals surface area contributed by atoms with Gasteiger partial charge in [0.05, 0.1) is 12.0 Å². The Morgan fingerprint density at radius 1 is 1.27 bits per heavy atom. The summed E-state index contributed by atoms with van der Waals surface area (Å²) in [6.45, 7) is 2.47. The van der Waals surface area contributed by atoms with Crippen LogP contribution in [-0.2, 0) is 20.9 Å². The molecule has 26 heavy (non-hydrogen) atoms. The van der Waals surface area contributed by atoms with Gasteiger partial charge in [0, 0.05) is 27.7 Å². The molecule has 0 aliphatic carbocycles. The summed E-state index contributed by atoms with van der Waals surface area (Å²) < 4.78 is 10.8. The Morgan fingerprint density at radius 2 is 2.00 bits per heavy atom. The Kier molecular flexibility index (Phi) is 7.41. The fourth-order valence-electron chi connectivity index (χ4n) is 3.01. The third kappa shape index (κ3) is 5.44. The molecule has 2 rings (SSSR count). The van der Waals surface area contributed by atoms with Gasteiger partial charge < -0.3 is 25.0 Å². The van der Waals surface area contributed by atoms with E-state index in [-0.39, 0.29) is 18.4 Å². The third-order valence-electron chi connectivity index (χ3n) is 4.68. The van der Waals surface area contributed by atoms with Crippen LogP contribution < -0.4 is 15.4 Å². The van der Waals surface area contributed by atoms with E-state index in [1.165, 1.54) is 4.90 Å². The van der Waals surface area contributed by atoms with Crippen molar-refractivity contribution in [2.75, 3.05) is 47.5 Å². The van der Waals surface area contributed by atoms with Gasteiger partial charge in [0.25, 0.3) is 5.91 Å². The first-order valence-electron chi connectivity index (χ1n) is 8.87. The number of hydrogen-bond donors (Lipinski definition) is 2. The second kappa shape index (κ2) is 9.54. The molecule has 1 aromatic carbocycles. The van der Waals surface area contributed by atoms with Gasteiger partial charge in [0.15, 0.2) is 6.61 Å². The number of ether oxygens (including phenoxy) is 2. The van der Waals surface area contributed by atoms with Crippen molar-refractivity contribution in [2.45, 2.75) is 19.4 Å². The van der Waals surface area contributed by atoms with E-state index >= 15 is 0 Å². The maximum atomic E-state index is 12.8. The summed E-state index contributed by atoms with van der Waals surface area (Å²) in [5.74, 6) is 0.534. The van der Waals surface area contributed by atoms with Crippen LogP contribution in [0.15, 0.2) is 24.3 Å². The molecular weight excluding hydrogens is 334 g/mol. The molecule has 1 fully saturated rings. The number of piperidine rings is 1. The molecule has 7 heteroatoms. The number of rotatable bonds is 8. The van der Waals surface area contributed by atoms with Crippen LogP contribution in [0.5, 0.6) is 5.75 Å². The number of benzene rings is 1. The van der Waals surface area contributed by atoms with Crippen molar-refractivity contribution in [1.29, 1.82) is 0 Å². The van der Waals surface area contributed by atoms with Crippen LogP contribution in [0.2, 0.25) is 0 Å². The Bertz CT molecular complexity index is 607. The highest BCUT2D eigenvalue weighted by Gasteiger charge is 2.39. The Morgan fingerprint density at radius 3 is 2.65 bits per heavy atom. The molecule has 144 valence electrons. The van der Waals surface area contributed by atoms with E-state index in [1.807, 2.05) is 18.2 Å². The molecule has 1 aromatic rings. The minimum atomic E-state index is -0.466. The van der Waals surface area contributed by atoms with Crippen LogP contribution >= 0.6 is 0 Å². The molecule has 0 aromatic heterocycles. The summed E-state index contributed by atoms with van der Waals surface area (Å²) >= 11 is 0. The molecule has 1 saturated heterocycles. The molecule has 0 saturated carbocycles. The lowest BCUT2D eigenvalue weighted by Gasteiger charge is -2.35. The molecule has 7 nitrogen and oxygen atoms in total. The highest BCUT2D eigenvalue weighted by Crippen LogP contribution is 2.29. The minimum Gasteiger partial charge on any atom is -0.484 e. The molecule has 0 spiro atoms. The van der Waals surface area contributed by atoms with E-state index in [2.05, 4.69) is 10.6 Å². The quantitative estimate of drug-likeness (QED) is 0.714. The standard InChI is InChI=1S/C19H29N3O4/c1-22(2)17(23)13-26-16-6-4-5-15(11-16)12-21-18(24)19(14-25-3)7-9-20-10-8-19/h4-6,11,20H,7-10,12-14H2,1-3H3,(H,21,24). The fourth-order valence-corrected chi connectivity index (χ4v) is 3.01. The van der Waals surface area contributed by atoms with E-state index in [0.29, 0.717) is 18.9 Å². The molecule has 0 bridgehead atoms. The second-order valence-electron chi connectivity index (χ2n) is 6.87. The van der Waals surface area contributed by atoms with Crippen molar-refractivity contribution in [1.82, 2.24) is 15.5 Å². The molecule has 1 heterocycles. The van der Waals surface area contributed by atoms with E-state index in [0.717, 1.165) is 31.5 Å². The molecule has 1 aliphatic rings. The summed E-state index contributed by atoms with van der Waals surface area (Å²) in [4.78, 5) is 25.9. The zero-order valence-corrected chi connectivity index (χ0v) is 15.8. The average Bonchev–Trinajstić information content (AvgIpc) is 2.65. The summed E-state index contributed by atoms with van der Waals surface area (Å²) in [5, 5.41) is 6.31. The average molecular weight is 363 g/mol. The van der Waals surface area contributed by atoms with Gasteiger partial charge in [-0.2, -0.15) is 0 Å². The van der Waals surface area contributed by atoms with E-state index in [4.69, 9.17) is 9.47 Å². The lowest BCUT2D eigenvalue weighted by molar-refractivity contribution is -0.136. The van der Waals surface area contributed by atoms with Crippen molar-refractivity contribution in [3.8, 4) is 5.75 Å². The maximum absolute atomic E-state index is 12.8. The lowest BCUT2D eigenvalue weighted by Crippen LogP contribution is -2.49. The van der Waals surface area contributed by atoms with Crippen LogP contribution in [0.4, 0.5) is 0 Å². The van der Waals surface area contributed by atoms with Crippen LogP contribution in [0.1, 0.15) is 18.4 Å². The molecule has 0 radical (unpaired) electrons. The number of nitrogens with zero attached hydrogens (tertiary/aromatic N) is 1. The highest BCUT2D eigenvalue weighted by atomic mass is 16.5. The molecule has 0 unspecified atom stereocenters. The van der Waals surface area contributed by atoms with Crippen LogP contribution in [0.3, 0.4) is 0 Å². The Labute approximate surface area is 155 Å².